The first-order valence-electron chi connectivity index (χ1n) is 8.20. The van der Waals surface area contributed by atoms with Crippen LogP contribution in [0.5, 0.6) is 0 Å². The number of likely N-dealkylation sites (N-methyl/N-ethyl adjacent to an activating group) is 1. The van der Waals surface area contributed by atoms with Crippen molar-refractivity contribution in [3.63, 3.8) is 0 Å². The van der Waals surface area contributed by atoms with Crippen LogP contribution in [0.4, 0.5) is 5.82 Å². The molecule has 3 aromatic rings. The number of nitrogens with one attached hydrogen (secondary N) is 1. The van der Waals surface area contributed by atoms with Crippen LogP contribution >= 0.6 is 0 Å². The minimum absolute atomic E-state index is 0.0557. The number of aromatic nitrogens is 2. The quantitative estimate of drug-likeness (QED) is 0.715. The van der Waals surface area contributed by atoms with Gasteiger partial charge in [-0.3, -0.25) is 4.79 Å². The van der Waals surface area contributed by atoms with E-state index in [4.69, 9.17) is 5.73 Å². The lowest BCUT2D eigenvalue weighted by Crippen LogP contribution is -2.27. The summed E-state index contributed by atoms with van der Waals surface area (Å²) >= 11 is 0. The Labute approximate surface area is 147 Å². The molecule has 0 fully saturated rings. The number of hydrogen-bond acceptors (Lipinski definition) is 3. The summed E-state index contributed by atoms with van der Waals surface area (Å²) in [4.78, 5) is 21.5. The molecule has 0 aliphatic heterocycles. The Morgan fingerprint density at radius 1 is 1.36 bits per heavy atom. The number of H-pyrrole nitrogens is 1. The summed E-state index contributed by atoms with van der Waals surface area (Å²) in [6, 6.07) is 9.85. The van der Waals surface area contributed by atoms with Crippen LogP contribution in [0.1, 0.15) is 29.7 Å². The molecule has 0 saturated carbocycles. The highest BCUT2D eigenvalue weighted by Crippen LogP contribution is 2.28. The fourth-order valence-corrected chi connectivity index (χ4v) is 2.86. The van der Waals surface area contributed by atoms with Crippen LogP contribution in [-0.4, -0.2) is 27.8 Å². The number of nitrogens with two attached hydrogens (primary N) is 1. The maximum Gasteiger partial charge on any atom is 0.246 e. The number of aryl methyl sites for hydroxylation is 1. The molecule has 3 N–H and O–H groups in total. The summed E-state index contributed by atoms with van der Waals surface area (Å²) in [6.45, 7) is 4.08. The van der Waals surface area contributed by atoms with Gasteiger partial charge in [0.05, 0.1) is 6.04 Å². The summed E-state index contributed by atoms with van der Waals surface area (Å²) in [7, 11) is 1.80. The van der Waals surface area contributed by atoms with Crippen LogP contribution in [-0.2, 0) is 4.79 Å². The monoisotopic (exact) mass is 334 g/mol. The molecule has 0 saturated heterocycles. The first-order chi connectivity index (χ1) is 12.0. The molecule has 5 heteroatoms. The molecule has 1 atom stereocenters. The van der Waals surface area contributed by atoms with Crippen molar-refractivity contribution in [2.45, 2.75) is 19.9 Å². The molecule has 25 heavy (non-hydrogen) atoms. The standard InChI is InChI=1S/C20H22N4O/c1-13-6-8-16-17(12-23-18(16)11-13)14(2)24(3)19(25)9-7-15-5-4-10-22-20(15)21/h4-12,14,23H,1-3H3,(H2,21,22). The van der Waals surface area contributed by atoms with E-state index in [0.717, 1.165) is 22.0 Å². The normalized spacial score (nSPS) is 12.6. The summed E-state index contributed by atoms with van der Waals surface area (Å²) in [5.74, 6) is 0.325. The fraction of sp³-hybridized carbons (Fsp3) is 0.200. The first-order valence-corrected chi connectivity index (χ1v) is 8.20. The lowest BCUT2D eigenvalue weighted by atomic mass is 10.0. The molecule has 3 rings (SSSR count). The number of aromatic amines is 1. The third kappa shape index (κ3) is 3.40. The van der Waals surface area contributed by atoms with E-state index in [1.54, 1.807) is 30.3 Å². The number of hydrogen-bond donors (Lipinski definition) is 2. The van der Waals surface area contributed by atoms with E-state index in [9.17, 15) is 4.79 Å². The number of benzene rings is 1. The maximum absolute atomic E-state index is 12.5. The second-order valence-electron chi connectivity index (χ2n) is 6.23. The lowest BCUT2D eigenvalue weighted by molar-refractivity contribution is -0.126. The zero-order valence-electron chi connectivity index (χ0n) is 14.7. The average Bonchev–Trinajstić information content (AvgIpc) is 3.02. The highest BCUT2D eigenvalue weighted by atomic mass is 16.2. The largest absolute Gasteiger partial charge is 0.383 e. The summed E-state index contributed by atoms with van der Waals surface area (Å²) in [5, 5.41) is 1.14. The van der Waals surface area contributed by atoms with Crippen LogP contribution in [0.25, 0.3) is 17.0 Å². The van der Waals surface area contributed by atoms with E-state index < -0.39 is 0 Å². The second kappa shape index (κ2) is 6.81. The van der Waals surface area contributed by atoms with Gasteiger partial charge in [0.2, 0.25) is 5.91 Å². The number of anilines is 1. The van der Waals surface area contributed by atoms with Crippen LogP contribution in [0.15, 0.2) is 48.8 Å². The summed E-state index contributed by atoms with van der Waals surface area (Å²) in [5.41, 5.74) is 9.92. The van der Waals surface area contributed by atoms with Crippen molar-refractivity contribution >= 4 is 28.7 Å². The fourth-order valence-electron chi connectivity index (χ4n) is 2.86. The van der Waals surface area contributed by atoms with Gasteiger partial charge in [-0.25, -0.2) is 4.98 Å². The van der Waals surface area contributed by atoms with Gasteiger partial charge in [-0.15, -0.1) is 0 Å². The van der Waals surface area contributed by atoms with Crippen LogP contribution in [0, 0.1) is 6.92 Å². The third-order valence-corrected chi connectivity index (χ3v) is 4.52. The highest BCUT2D eigenvalue weighted by molar-refractivity contribution is 5.93. The molecule has 128 valence electrons. The number of pyridine rings is 1. The van der Waals surface area contributed by atoms with Crippen LogP contribution in [0.3, 0.4) is 0 Å². The number of rotatable bonds is 4. The van der Waals surface area contributed by atoms with E-state index in [-0.39, 0.29) is 11.9 Å². The number of carbonyl (C=O) groups is 1. The Balaban J connectivity index is 1.80. The van der Waals surface area contributed by atoms with Crippen molar-refractivity contribution in [1.29, 1.82) is 0 Å². The molecule has 1 amide bonds. The minimum Gasteiger partial charge on any atom is -0.383 e. The number of amides is 1. The highest BCUT2D eigenvalue weighted by Gasteiger charge is 2.18. The zero-order valence-corrected chi connectivity index (χ0v) is 14.7. The molecule has 0 radical (unpaired) electrons. The molecular formula is C20H22N4O. The number of fused-ring (bicyclic) bond motifs is 1. The van der Waals surface area contributed by atoms with Gasteiger partial charge < -0.3 is 15.6 Å². The minimum atomic E-state index is -0.0859. The van der Waals surface area contributed by atoms with Gasteiger partial charge in [-0.1, -0.05) is 12.1 Å². The molecule has 0 spiro atoms. The topological polar surface area (TPSA) is 75.0 Å². The number of nitrogen functional groups attached to an aromatic ring is 1. The molecule has 1 unspecified atom stereocenters. The predicted molar refractivity (Wildman–Crippen MR) is 102 cm³/mol. The molecular weight excluding hydrogens is 312 g/mol. The smallest absolute Gasteiger partial charge is 0.246 e. The Morgan fingerprint density at radius 3 is 2.92 bits per heavy atom. The molecule has 1 aromatic carbocycles. The molecule has 5 nitrogen and oxygen atoms in total. The van der Waals surface area contributed by atoms with Gasteiger partial charge in [0.15, 0.2) is 0 Å². The van der Waals surface area contributed by atoms with Crippen molar-refractivity contribution in [2.75, 3.05) is 12.8 Å². The molecule has 0 aliphatic rings. The maximum atomic E-state index is 12.5. The summed E-state index contributed by atoms with van der Waals surface area (Å²) in [6.07, 6.45) is 6.83. The van der Waals surface area contributed by atoms with Crippen molar-refractivity contribution in [3.05, 3.63) is 65.5 Å². The van der Waals surface area contributed by atoms with Crippen molar-refractivity contribution in [1.82, 2.24) is 14.9 Å². The van der Waals surface area contributed by atoms with Gasteiger partial charge in [0.25, 0.3) is 0 Å². The Hall–Kier alpha value is -3.08. The molecule has 2 heterocycles. The average molecular weight is 334 g/mol. The Bertz CT molecular complexity index is 942. The van der Waals surface area contributed by atoms with Crippen molar-refractivity contribution < 1.29 is 4.79 Å². The lowest BCUT2D eigenvalue weighted by Gasteiger charge is -2.23. The second-order valence-corrected chi connectivity index (χ2v) is 6.23. The Kier molecular flexibility index (Phi) is 4.57. The van der Waals surface area contributed by atoms with E-state index in [1.165, 1.54) is 11.6 Å². The SMILES string of the molecule is Cc1ccc2c(C(C)N(C)C(=O)C=Cc3cccnc3N)c[nH]c2c1. The van der Waals surface area contributed by atoms with Gasteiger partial charge in [0, 0.05) is 42.0 Å². The molecule has 2 aromatic heterocycles. The summed E-state index contributed by atoms with van der Waals surface area (Å²) < 4.78 is 0. The van der Waals surface area contributed by atoms with Crippen LogP contribution in [0.2, 0.25) is 0 Å². The van der Waals surface area contributed by atoms with Gasteiger partial charge in [-0.2, -0.15) is 0 Å². The first kappa shape index (κ1) is 16.8. The molecule has 0 aliphatic carbocycles. The van der Waals surface area contributed by atoms with Gasteiger partial charge in [0.1, 0.15) is 5.82 Å². The number of carbonyl (C=O) groups excluding carboxylic acids is 1. The zero-order chi connectivity index (χ0) is 18.0. The van der Waals surface area contributed by atoms with E-state index in [1.807, 2.05) is 19.2 Å². The van der Waals surface area contributed by atoms with Crippen LogP contribution < -0.4 is 5.73 Å². The third-order valence-electron chi connectivity index (χ3n) is 4.52. The predicted octanol–water partition coefficient (Wildman–Crippen LogP) is 3.69. The van der Waals surface area contributed by atoms with Crippen molar-refractivity contribution in [2.24, 2.45) is 0 Å². The molecule has 0 bridgehead atoms. The van der Waals surface area contributed by atoms with Gasteiger partial charge in [-0.05, 0) is 49.2 Å². The Morgan fingerprint density at radius 2 is 2.16 bits per heavy atom. The van der Waals surface area contributed by atoms with Crippen molar-refractivity contribution in [3.8, 4) is 0 Å². The van der Waals surface area contributed by atoms with Gasteiger partial charge >= 0.3 is 0 Å². The van der Waals surface area contributed by atoms with E-state index in [0.29, 0.717) is 5.82 Å². The van der Waals surface area contributed by atoms with E-state index >= 15 is 0 Å². The number of nitrogens with zero attached hydrogens (tertiary/aromatic N) is 2. The van der Waals surface area contributed by atoms with E-state index in [2.05, 4.69) is 35.1 Å².